The van der Waals surface area contributed by atoms with Crippen molar-refractivity contribution in [2.75, 3.05) is 39.3 Å². The van der Waals surface area contributed by atoms with Crippen molar-refractivity contribution < 1.29 is 9.53 Å². The number of piperazine rings is 1. The van der Waals surface area contributed by atoms with Gasteiger partial charge in [-0.3, -0.25) is 4.79 Å². The lowest BCUT2D eigenvalue weighted by molar-refractivity contribution is -0.145. The average molecular weight is 357 g/mol. The summed E-state index contributed by atoms with van der Waals surface area (Å²) >= 11 is 0. The van der Waals surface area contributed by atoms with Gasteiger partial charge in [0.2, 0.25) is 0 Å². The third-order valence-corrected chi connectivity index (χ3v) is 6.03. The summed E-state index contributed by atoms with van der Waals surface area (Å²) in [5, 5.41) is 0. The fourth-order valence-corrected chi connectivity index (χ4v) is 3.92. The first-order chi connectivity index (χ1) is 12.6. The van der Waals surface area contributed by atoms with Crippen LogP contribution in [0.5, 0.6) is 0 Å². The minimum absolute atomic E-state index is 0.0526. The quantitative estimate of drug-likeness (QED) is 0.668. The van der Waals surface area contributed by atoms with E-state index in [1.807, 2.05) is 0 Å². The second kappa shape index (κ2) is 8.83. The Bertz CT molecular complexity index is 614. The van der Waals surface area contributed by atoms with Crippen LogP contribution in [-0.4, -0.2) is 55.0 Å². The molecule has 3 rings (SSSR count). The zero-order chi connectivity index (χ0) is 18.4. The van der Waals surface area contributed by atoms with Crippen molar-refractivity contribution in [3.05, 3.63) is 47.7 Å². The molecule has 0 radical (unpaired) electrons. The highest BCUT2D eigenvalue weighted by Crippen LogP contribution is 2.38. The van der Waals surface area contributed by atoms with Gasteiger partial charge in [0.05, 0.1) is 5.41 Å². The summed E-state index contributed by atoms with van der Waals surface area (Å²) in [6, 6.07) is 10.7. The van der Waals surface area contributed by atoms with Gasteiger partial charge < -0.3 is 14.5 Å². The van der Waals surface area contributed by atoms with E-state index in [1.165, 1.54) is 5.56 Å². The van der Waals surface area contributed by atoms with Gasteiger partial charge in [-0.2, -0.15) is 0 Å². The minimum atomic E-state index is -0.370. The highest BCUT2D eigenvalue weighted by molar-refractivity contribution is 5.82. The van der Waals surface area contributed by atoms with Gasteiger partial charge >= 0.3 is 5.97 Å². The molecule has 4 heteroatoms. The summed E-state index contributed by atoms with van der Waals surface area (Å²) in [6.45, 7) is 10.7. The van der Waals surface area contributed by atoms with Crippen LogP contribution >= 0.6 is 0 Å². The molecular weight excluding hydrogens is 324 g/mol. The van der Waals surface area contributed by atoms with E-state index in [9.17, 15) is 4.79 Å². The van der Waals surface area contributed by atoms with E-state index in [0.717, 1.165) is 70.7 Å². The molecule has 0 amide bonds. The normalized spacial score (nSPS) is 20.8. The van der Waals surface area contributed by atoms with E-state index in [0.29, 0.717) is 0 Å². The Morgan fingerprint density at radius 1 is 0.923 bits per heavy atom. The fraction of sp³-hybridized carbons (Fsp3) is 0.591. The number of cyclic esters (lactones) is 1. The second-order valence-electron chi connectivity index (χ2n) is 7.53. The molecule has 1 fully saturated rings. The van der Waals surface area contributed by atoms with Crippen LogP contribution in [-0.2, 0) is 16.0 Å². The van der Waals surface area contributed by atoms with Gasteiger partial charge in [0, 0.05) is 45.7 Å². The first-order valence-corrected chi connectivity index (χ1v) is 10.1. The number of hydrogen-bond acceptors (Lipinski definition) is 4. The number of esters is 1. The summed E-state index contributed by atoms with van der Waals surface area (Å²) < 4.78 is 5.54. The van der Waals surface area contributed by atoms with E-state index < -0.39 is 0 Å². The van der Waals surface area contributed by atoms with Gasteiger partial charge in [0.1, 0.15) is 5.76 Å². The third-order valence-electron chi connectivity index (χ3n) is 6.03. The van der Waals surface area contributed by atoms with Gasteiger partial charge in [0.25, 0.3) is 0 Å². The predicted octanol–water partition coefficient (Wildman–Crippen LogP) is 3.48. The van der Waals surface area contributed by atoms with Gasteiger partial charge in [0.15, 0.2) is 0 Å². The summed E-state index contributed by atoms with van der Waals surface area (Å²) in [4.78, 5) is 17.2. The molecule has 4 nitrogen and oxygen atoms in total. The van der Waals surface area contributed by atoms with Crippen molar-refractivity contribution in [2.24, 2.45) is 5.41 Å². The molecule has 0 spiro atoms. The Morgan fingerprint density at radius 3 is 2.04 bits per heavy atom. The number of ether oxygens (including phenoxy) is 1. The molecule has 1 saturated heterocycles. The molecule has 1 aromatic carbocycles. The third kappa shape index (κ3) is 4.54. The highest BCUT2D eigenvalue weighted by atomic mass is 16.5. The van der Waals surface area contributed by atoms with Crippen molar-refractivity contribution >= 4 is 5.97 Å². The lowest BCUT2D eigenvalue weighted by Gasteiger charge is -2.34. The van der Waals surface area contributed by atoms with Crippen LogP contribution in [0.1, 0.15) is 38.7 Å². The molecule has 26 heavy (non-hydrogen) atoms. The fourth-order valence-electron chi connectivity index (χ4n) is 3.92. The van der Waals surface area contributed by atoms with Crippen LogP contribution in [0.2, 0.25) is 0 Å². The van der Waals surface area contributed by atoms with E-state index >= 15 is 0 Å². The monoisotopic (exact) mass is 356 g/mol. The number of nitrogens with zero attached hydrogens (tertiary/aromatic N) is 2. The lowest BCUT2D eigenvalue weighted by atomic mass is 9.83. The van der Waals surface area contributed by atoms with Gasteiger partial charge in [-0.15, -0.1) is 0 Å². The van der Waals surface area contributed by atoms with Gasteiger partial charge in [-0.1, -0.05) is 44.2 Å². The molecule has 1 aromatic rings. The van der Waals surface area contributed by atoms with Crippen molar-refractivity contribution in [3.63, 3.8) is 0 Å². The van der Waals surface area contributed by atoms with E-state index in [2.05, 4.69) is 60.1 Å². The zero-order valence-electron chi connectivity index (χ0n) is 16.2. The Hall–Kier alpha value is -1.65. The number of carbonyl (C=O) groups excluding carboxylic acids is 1. The van der Waals surface area contributed by atoms with Crippen molar-refractivity contribution in [2.45, 2.75) is 39.5 Å². The van der Waals surface area contributed by atoms with Crippen LogP contribution in [0.15, 0.2) is 42.2 Å². The van der Waals surface area contributed by atoms with Crippen LogP contribution in [0, 0.1) is 5.41 Å². The summed E-state index contributed by atoms with van der Waals surface area (Å²) in [5.74, 6) is 0.827. The average Bonchev–Trinajstić information content (AvgIpc) is 3.02. The number of carbonyl (C=O) groups is 1. The summed E-state index contributed by atoms with van der Waals surface area (Å²) in [7, 11) is 0. The van der Waals surface area contributed by atoms with Crippen LogP contribution in [0.4, 0.5) is 0 Å². The highest BCUT2D eigenvalue weighted by Gasteiger charge is 2.40. The summed E-state index contributed by atoms with van der Waals surface area (Å²) in [5.41, 5.74) is 1.05. The van der Waals surface area contributed by atoms with Crippen molar-refractivity contribution in [3.8, 4) is 0 Å². The smallest absolute Gasteiger partial charge is 0.321 e. The molecule has 0 atom stereocenters. The zero-order valence-corrected chi connectivity index (χ0v) is 16.2. The molecule has 0 aromatic heterocycles. The minimum Gasteiger partial charge on any atom is -0.431 e. The number of rotatable bonds is 8. The lowest BCUT2D eigenvalue weighted by Crippen LogP contribution is -2.47. The van der Waals surface area contributed by atoms with Crippen LogP contribution in [0.3, 0.4) is 0 Å². The molecule has 2 aliphatic rings. The molecular formula is C22H32N2O2. The first kappa shape index (κ1) is 19.1. The van der Waals surface area contributed by atoms with Crippen LogP contribution < -0.4 is 0 Å². The molecule has 0 bridgehead atoms. The SMILES string of the molecule is CCC1(CC)C=C(CCN2CCN(CCc3ccccc3)CC2)OC1=O. The summed E-state index contributed by atoms with van der Waals surface area (Å²) in [6.07, 6.45) is 5.71. The number of hydrogen-bond donors (Lipinski definition) is 0. The second-order valence-corrected chi connectivity index (χ2v) is 7.53. The Morgan fingerprint density at radius 2 is 1.50 bits per heavy atom. The molecule has 0 N–H and O–H groups in total. The Kier molecular flexibility index (Phi) is 6.49. The molecule has 2 aliphatic heterocycles. The Labute approximate surface area is 157 Å². The standard InChI is InChI=1S/C22H32N2O2/c1-3-22(4-2)18-20(26-21(22)25)11-13-24-16-14-23(15-17-24)12-10-19-8-6-5-7-9-19/h5-9,18H,3-4,10-17H2,1-2H3. The first-order valence-electron chi connectivity index (χ1n) is 10.1. The molecule has 0 unspecified atom stereocenters. The van der Waals surface area contributed by atoms with Gasteiger partial charge in [-0.25, -0.2) is 0 Å². The van der Waals surface area contributed by atoms with Gasteiger partial charge in [-0.05, 0) is 30.9 Å². The maximum absolute atomic E-state index is 12.2. The molecule has 0 aliphatic carbocycles. The van der Waals surface area contributed by atoms with Crippen molar-refractivity contribution in [1.82, 2.24) is 9.80 Å². The largest absolute Gasteiger partial charge is 0.431 e. The maximum Gasteiger partial charge on any atom is 0.321 e. The predicted molar refractivity (Wildman–Crippen MR) is 105 cm³/mol. The number of benzene rings is 1. The molecule has 2 heterocycles. The van der Waals surface area contributed by atoms with E-state index in [-0.39, 0.29) is 11.4 Å². The van der Waals surface area contributed by atoms with Crippen LogP contribution in [0.25, 0.3) is 0 Å². The van der Waals surface area contributed by atoms with E-state index in [4.69, 9.17) is 4.74 Å². The van der Waals surface area contributed by atoms with E-state index in [1.54, 1.807) is 0 Å². The molecule has 142 valence electrons. The molecule has 0 saturated carbocycles. The topological polar surface area (TPSA) is 32.8 Å². The maximum atomic E-state index is 12.2. The van der Waals surface area contributed by atoms with Crippen molar-refractivity contribution in [1.29, 1.82) is 0 Å². The Balaban J connectivity index is 1.39.